The molecular weight excluding hydrogens is 108 g/mol. The molecule has 3 heteroatoms. The summed E-state index contributed by atoms with van der Waals surface area (Å²) in [5.74, 6) is 0. The van der Waals surface area contributed by atoms with Gasteiger partial charge in [-0.25, -0.2) is 0 Å². The third-order valence-electron chi connectivity index (χ3n) is 0.500. The van der Waals surface area contributed by atoms with Crippen LogP contribution in [0.4, 0.5) is 0 Å². The van der Waals surface area contributed by atoms with Crippen LogP contribution in [0.3, 0.4) is 0 Å². The molecule has 0 spiro atoms. The highest BCUT2D eigenvalue weighted by Gasteiger charge is 1.87. The molecule has 0 heterocycles. The smallest absolute Gasteiger partial charge is 0.156 e. The summed E-state index contributed by atoms with van der Waals surface area (Å²) in [7, 11) is -0.681. The zero-order valence-electron chi connectivity index (χ0n) is 4.69. The van der Waals surface area contributed by atoms with E-state index in [1.807, 2.05) is 0 Å². The normalized spacial score (nSPS) is 12.0. The van der Waals surface area contributed by atoms with E-state index in [-0.39, 0.29) is 9.76 Å². The molecule has 0 rings (SSSR count). The lowest BCUT2D eigenvalue weighted by Gasteiger charge is -1.98. The Hall–Kier alpha value is 0.394. The summed E-state index contributed by atoms with van der Waals surface area (Å²) in [6.45, 7) is 6.58. The predicted molar refractivity (Wildman–Crippen MR) is 34.4 cm³/mol. The number of hydrogen-bond acceptors (Lipinski definition) is 1. The topological polar surface area (TPSA) is 9.23 Å². The van der Waals surface area contributed by atoms with Gasteiger partial charge in [-0.05, 0) is 13.1 Å². The molecule has 0 aromatic heterocycles. The van der Waals surface area contributed by atoms with Crippen molar-refractivity contribution in [2.75, 3.05) is 0 Å². The number of hydrogen-bond donors (Lipinski definition) is 0. The van der Waals surface area contributed by atoms with E-state index in [9.17, 15) is 0 Å². The molecule has 0 atom stereocenters. The van der Waals surface area contributed by atoms with Crippen LogP contribution in [0.15, 0.2) is 0 Å². The fourth-order valence-electron chi connectivity index (χ4n) is 0.333. The maximum absolute atomic E-state index is 5.32. The van der Waals surface area contributed by atoms with E-state index >= 15 is 0 Å². The fourth-order valence-corrected chi connectivity index (χ4v) is 3.00. The Labute approximate surface area is 43.4 Å². The summed E-state index contributed by atoms with van der Waals surface area (Å²) >= 11 is 0. The maximum Gasteiger partial charge on any atom is 0.156 e. The second-order valence-electron chi connectivity index (χ2n) is 1.50. The molecule has 0 saturated carbocycles. The molecule has 0 unspecified atom stereocenters. The molecule has 0 fully saturated rings. The second kappa shape index (κ2) is 3.58. The molecule has 0 bridgehead atoms. The molecule has 0 aliphatic carbocycles. The molecule has 0 saturated heterocycles. The van der Waals surface area contributed by atoms with Crippen molar-refractivity contribution in [2.45, 2.75) is 19.6 Å². The van der Waals surface area contributed by atoms with Crippen molar-refractivity contribution in [3.8, 4) is 0 Å². The van der Waals surface area contributed by atoms with Crippen LogP contribution in [0.1, 0.15) is 0 Å². The van der Waals surface area contributed by atoms with Crippen molar-refractivity contribution in [2.24, 2.45) is 0 Å². The standard InChI is InChI=1S/C3H12OSi2/c1-5-4-6(2)3/h6H,5H2,1-3H3. The SMILES string of the molecule is C[SiH2]O[SiH](C)C. The molecule has 0 N–H and O–H groups in total. The van der Waals surface area contributed by atoms with Gasteiger partial charge in [0.25, 0.3) is 0 Å². The van der Waals surface area contributed by atoms with Gasteiger partial charge in [0.1, 0.15) is 9.76 Å². The lowest BCUT2D eigenvalue weighted by atomic mass is 11.9. The minimum Gasteiger partial charge on any atom is -0.463 e. The van der Waals surface area contributed by atoms with Gasteiger partial charge in [-0.3, -0.25) is 0 Å². The van der Waals surface area contributed by atoms with E-state index in [0.717, 1.165) is 0 Å². The Morgan fingerprint density at radius 3 is 2.00 bits per heavy atom. The van der Waals surface area contributed by atoms with Crippen LogP contribution in [0.2, 0.25) is 19.6 Å². The Kier molecular flexibility index (Phi) is 3.81. The van der Waals surface area contributed by atoms with Crippen LogP contribution in [0.25, 0.3) is 0 Å². The van der Waals surface area contributed by atoms with E-state index < -0.39 is 9.04 Å². The minimum absolute atomic E-state index is 0.0718. The van der Waals surface area contributed by atoms with Crippen LogP contribution < -0.4 is 0 Å². The minimum atomic E-state index is -0.609. The second-order valence-corrected chi connectivity index (χ2v) is 5.51. The van der Waals surface area contributed by atoms with Gasteiger partial charge in [0, 0.05) is 0 Å². The van der Waals surface area contributed by atoms with E-state index in [0.29, 0.717) is 0 Å². The van der Waals surface area contributed by atoms with Gasteiger partial charge >= 0.3 is 0 Å². The van der Waals surface area contributed by atoms with Gasteiger partial charge < -0.3 is 4.12 Å². The van der Waals surface area contributed by atoms with Crippen molar-refractivity contribution in [1.82, 2.24) is 0 Å². The Morgan fingerprint density at radius 2 is 2.00 bits per heavy atom. The summed E-state index contributed by atoms with van der Waals surface area (Å²) in [5.41, 5.74) is 0. The van der Waals surface area contributed by atoms with Crippen molar-refractivity contribution in [1.29, 1.82) is 0 Å². The fraction of sp³-hybridized carbons (Fsp3) is 1.00. The predicted octanol–water partition coefficient (Wildman–Crippen LogP) is 0.118. The van der Waals surface area contributed by atoms with Crippen molar-refractivity contribution in [3.63, 3.8) is 0 Å². The highest BCUT2D eigenvalue weighted by Crippen LogP contribution is 1.77. The molecule has 0 amide bonds. The molecule has 0 aromatic carbocycles. The molecule has 6 heavy (non-hydrogen) atoms. The molecule has 0 aliphatic heterocycles. The average Bonchev–Trinajstić information content (AvgIpc) is 1.35. The largest absolute Gasteiger partial charge is 0.463 e. The van der Waals surface area contributed by atoms with Crippen molar-refractivity contribution in [3.05, 3.63) is 0 Å². The van der Waals surface area contributed by atoms with Crippen molar-refractivity contribution >= 4 is 18.8 Å². The number of rotatable bonds is 2. The van der Waals surface area contributed by atoms with Gasteiger partial charge in [-0.15, -0.1) is 0 Å². The Balaban J connectivity index is 2.63. The van der Waals surface area contributed by atoms with Gasteiger partial charge in [0.05, 0.1) is 0 Å². The summed E-state index contributed by atoms with van der Waals surface area (Å²) in [5, 5.41) is 0. The molecule has 0 aromatic rings. The van der Waals surface area contributed by atoms with Gasteiger partial charge in [0.2, 0.25) is 0 Å². The lowest BCUT2D eigenvalue weighted by molar-refractivity contribution is 0.630. The van der Waals surface area contributed by atoms with Gasteiger partial charge in [-0.2, -0.15) is 0 Å². The van der Waals surface area contributed by atoms with Crippen LogP contribution in [-0.4, -0.2) is 18.8 Å². The Bertz CT molecular complexity index is 30.0. The molecular formula is C3H12OSi2. The molecule has 0 radical (unpaired) electrons. The molecule has 0 aliphatic rings. The van der Waals surface area contributed by atoms with Crippen LogP contribution in [0.5, 0.6) is 0 Å². The quantitative estimate of drug-likeness (QED) is 0.470. The summed E-state index contributed by atoms with van der Waals surface area (Å²) in [6.07, 6.45) is 0. The highest BCUT2D eigenvalue weighted by molar-refractivity contribution is 6.55. The van der Waals surface area contributed by atoms with Gasteiger partial charge in [-0.1, -0.05) is 6.55 Å². The molecule has 38 valence electrons. The maximum atomic E-state index is 5.32. The highest BCUT2D eigenvalue weighted by atomic mass is 28.3. The average molecular weight is 120 g/mol. The third-order valence-corrected chi connectivity index (χ3v) is 4.50. The first kappa shape index (κ1) is 6.39. The zero-order chi connectivity index (χ0) is 4.99. The van der Waals surface area contributed by atoms with Crippen molar-refractivity contribution < 1.29 is 4.12 Å². The first-order valence-electron chi connectivity index (χ1n) is 2.39. The zero-order valence-corrected chi connectivity index (χ0v) is 7.26. The van der Waals surface area contributed by atoms with E-state index in [1.54, 1.807) is 0 Å². The third kappa shape index (κ3) is 4.39. The monoisotopic (exact) mass is 120 g/mol. The summed E-state index contributed by atoms with van der Waals surface area (Å²) < 4.78 is 5.32. The molecule has 1 nitrogen and oxygen atoms in total. The Morgan fingerprint density at radius 1 is 1.50 bits per heavy atom. The van der Waals surface area contributed by atoms with Crippen LogP contribution in [0, 0.1) is 0 Å². The van der Waals surface area contributed by atoms with E-state index in [2.05, 4.69) is 19.6 Å². The van der Waals surface area contributed by atoms with Gasteiger partial charge in [0.15, 0.2) is 9.04 Å². The summed E-state index contributed by atoms with van der Waals surface area (Å²) in [6, 6.07) is 0. The summed E-state index contributed by atoms with van der Waals surface area (Å²) in [4.78, 5) is 0. The van der Waals surface area contributed by atoms with E-state index in [1.165, 1.54) is 0 Å². The first-order chi connectivity index (χ1) is 2.77. The lowest BCUT2D eigenvalue weighted by Crippen LogP contribution is -2.08. The van der Waals surface area contributed by atoms with Crippen LogP contribution in [-0.2, 0) is 4.12 Å². The van der Waals surface area contributed by atoms with E-state index in [4.69, 9.17) is 4.12 Å². The van der Waals surface area contributed by atoms with Crippen LogP contribution >= 0.6 is 0 Å². The first-order valence-corrected chi connectivity index (χ1v) is 7.16.